The smallest absolute Gasteiger partial charge is 0.279 e. The van der Waals surface area contributed by atoms with Crippen molar-refractivity contribution in [1.82, 2.24) is 14.7 Å². The molecule has 2 amide bonds. The van der Waals surface area contributed by atoms with E-state index in [9.17, 15) is 24.6 Å². The first-order chi connectivity index (χ1) is 21.8. The Morgan fingerprint density at radius 2 is 1.96 bits per heavy atom. The summed E-state index contributed by atoms with van der Waals surface area (Å²) in [7, 11) is 1.52. The van der Waals surface area contributed by atoms with Gasteiger partial charge in [-0.05, 0) is 54.8 Å². The summed E-state index contributed by atoms with van der Waals surface area (Å²) in [4.78, 5) is 43.3. The number of likely N-dealkylation sites (tertiary alicyclic amines) is 1. The molecule has 0 unspecified atom stereocenters. The Balaban J connectivity index is 1.28. The van der Waals surface area contributed by atoms with Crippen molar-refractivity contribution < 1.29 is 24.5 Å². The number of aliphatic hydroxyl groups is 2. The number of carbonyl (C=O) groups excluding carboxylic acids is 2. The van der Waals surface area contributed by atoms with Gasteiger partial charge in [0.1, 0.15) is 5.75 Å². The highest BCUT2D eigenvalue weighted by Gasteiger charge is 2.52. The van der Waals surface area contributed by atoms with Gasteiger partial charge in [-0.1, -0.05) is 49.4 Å². The zero-order valence-corrected chi connectivity index (χ0v) is 25.3. The summed E-state index contributed by atoms with van der Waals surface area (Å²) in [6, 6.07) is 19.5. The summed E-state index contributed by atoms with van der Waals surface area (Å²) >= 11 is 0. The van der Waals surface area contributed by atoms with Crippen LogP contribution in [0, 0.1) is 5.92 Å². The molecular formula is C35H36N4O6. The van der Waals surface area contributed by atoms with Crippen LogP contribution in [-0.2, 0) is 21.7 Å². The topological polar surface area (TPSA) is 125 Å². The molecule has 4 aromatic rings. The zero-order valence-electron chi connectivity index (χ0n) is 25.3. The molecule has 0 radical (unpaired) electrons. The molecule has 1 aromatic heterocycles. The maximum Gasteiger partial charge on any atom is 0.279 e. The van der Waals surface area contributed by atoms with Crippen molar-refractivity contribution >= 4 is 28.3 Å². The highest BCUT2D eigenvalue weighted by Crippen LogP contribution is 2.47. The van der Waals surface area contributed by atoms with E-state index in [1.165, 1.54) is 16.7 Å². The normalized spacial score (nSPS) is 20.3. The van der Waals surface area contributed by atoms with Gasteiger partial charge in [-0.2, -0.15) is 9.78 Å². The van der Waals surface area contributed by atoms with Gasteiger partial charge in [0.05, 0.1) is 49.3 Å². The number of hydrogen-bond donors (Lipinski definition) is 2. The van der Waals surface area contributed by atoms with Gasteiger partial charge in [0.2, 0.25) is 5.91 Å². The van der Waals surface area contributed by atoms with Crippen LogP contribution in [0.3, 0.4) is 0 Å². The quantitative estimate of drug-likeness (QED) is 0.278. The maximum absolute atomic E-state index is 14.1. The summed E-state index contributed by atoms with van der Waals surface area (Å²) in [5.41, 5.74) is 0.117. The van der Waals surface area contributed by atoms with Crippen LogP contribution in [0.25, 0.3) is 16.5 Å². The minimum absolute atomic E-state index is 0.0625. The number of aromatic nitrogens is 2. The van der Waals surface area contributed by atoms with E-state index in [0.29, 0.717) is 34.6 Å². The molecular weight excluding hydrogens is 572 g/mol. The molecule has 2 aliphatic heterocycles. The second-order valence-corrected chi connectivity index (χ2v) is 11.6. The average molecular weight is 609 g/mol. The first kappa shape index (κ1) is 30.2. The summed E-state index contributed by atoms with van der Waals surface area (Å²) in [6.07, 6.45) is 6.78. The van der Waals surface area contributed by atoms with Crippen molar-refractivity contribution in [2.45, 2.75) is 44.4 Å². The minimum Gasteiger partial charge on any atom is -0.497 e. The fourth-order valence-corrected chi connectivity index (χ4v) is 6.44. The number of benzene rings is 3. The van der Waals surface area contributed by atoms with Crippen LogP contribution in [0.4, 0.5) is 5.69 Å². The van der Waals surface area contributed by atoms with Gasteiger partial charge in [0.25, 0.3) is 11.5 Å². The molecule has 0 spiro atoms. The van der Waals surface area contributed by atoms with Crippen molar-refractivity contribution in [3.63, 3.8) is 0 Å². The molecule has 6 rings (SSSR count). The van der Waals surface area contributed by atoms with E-state index in [4.69, 9.17) is 4.74 Å². The van der Waals surface area contributed by atoms with Crippen molar-refractivity contribution in [2.75, 3.05) is 25.2 Å². The Bertz CT molecular complexity index is 1850. The van der Waals surface area contributed by atoms with Crippen LogP contribution in [-0.4, -0.2) is 63.0 Å². The zero-order chi connectivity index (χ0) is 31.7. The van der Waals surface area contributed by atoms with E-state index in [1.807, 2.05) is 30.3 Å². The molecule has 3 aromatic carbocycles. The molecule has 1 saturated heterocycles. The van der Waals surface area contributed by atoms with E-state index >= 15 is 0 Å². The molecule has 10 heteroatoms. The molecule has 2 N–H and O–H groups in total. The Labute approximate surface area is 260 Å². The number of hydrogen-bond acceptors (Lipinski definition) is 7. The first-order valence-corrected chi connectivity index (χ1v) is 15.1. The molecule has 0 bridgehead atoms. The van der Waals surface area contributed by atoms with Crippen LogP contribution < -0.4 is 15.2 Å². The molecule has 45 heavy (non-hydrogen) atoms. The van der Waals surface area contributed by atoms with Gasteiger partial charge in [0.15, 0.2) is 5.60 Å². The first-order valence-electron chi connectivity index (χ1n) is 15.1. The largest absolute Gasteiger partial charge is 0.497 e. The van der Waals surface area contributed by atoms with Crippen LogP contribution >= 0.6 is 0 Å². The van der Waals surface area contributed by atoms with Crippen molar-refractivity contribution in [2.24, 2.45) is 5.92 Å². The van der Waals surface area contributed by atoms with Crippen LogP contribution in [0.5, 0.6) is 5.75 Å². The number of fused-ring (bicyclic) bond motifs is 2. The SMILES string of the molecule is COc1ccc2c(c1)[C@](O)([C@@H](C)/C=C/CC(=O)N1CCC[C@H]1CO)C(=O)N2Cc1cccc(-n2ncc3ccccc3c2=O)c1. The third-order valence-electron chi connectivity index (χ3n) is 8.95. The number of amides is 2. The van der Waals surface area contributed by atoms with E-state index in [2.05, 4.69) is 5.10 Å². The minimum atomic E-state index is -1.90. The lowest BCUT2D eigenvalue weighted by molar-refractivity contribution is -0.139. The third kappa shape index (κ3) is 5.40. The van der Waals surface area contributed by atoms with Gasteiger partial charge in [-0.15, -0.1) is 0 Å². The number of anilines is 1. The van der Waals surface area contributed by atoms with Gasteiger partial charge < -0.3 is 24.7 Å². The Kier molecular flexibility index (Phi) is 8.26. The predicted molar refractivity (Wildman–Crippen MR) is 170 cm³/mol. The molecule has 3 atom stereocenters. The fourth-order valence-electron chi connectivity index (χ4n) is 6.44. The summed E-state index contributed by atoms with van der Waals surface area (Å²) in [5, 5.41) is 27.3. The van der Waals surface area contributed by atoms with Gasteiger partial charge in [0, 0.05) is 29.8 Å². The molecule has 0 aliphatic carbocycles. The van der Waals surface area contributed by atoms with E-state index in [-0.39, 0.29) is 37.1 Å². The van der Waals surface area contributed by atoms with Crippen LogP contribution in [0.1, 0.15) is 37.3 Å². The maximum atomic E-state index is 14.1. The number of ether oxygens (including phenoxy) is 1. The fraction of sp³-hybridized carbons (Fsp3) is 0.314. The van der Waals surface area contributed by atoms with Crippen LogP contribution in [0.2, 0.25) is 0 Å². The molecule has 3 heterocycles. The Morgan fingerprint density at radius 1 is 1.13 bits per heavy atom. The summed E-state index contributed by atoms with van der Waals surface area (Å²) < 4.78 is 6.77. The van der Waals surface area contributed by atoms with E-state index in [0.717, 1.165) is 23.8 Å². The molecule has 10 nitrogen and oxygen atoms in total. The Morgan fingerprint density at radius 3 is 2.76 bits per heavy atom. The molecule has 0 saturated carbocycles. The number of carbonyl (C=O) groups is 2. The van der Waals surface area contributed by atoms with Gasteiger partial charge in [-0.3, -0.25) is 14.4 Å². The number of rotatable bonds is 9. The number of nitrogens with zero attached hydrogens (tertiary/aromatic N) is 4. The standard InChI is InChI=1S/C35H36N4O6/c1-23(8-5-14-32(41)37-17-7-12-27(37)22-40)35(44)30-19-28(45-2)15-16-31(30)38(34(35)43)21-24-9-6-11-26(18-24)39-33(42)29-13-4-3-10-25(29)20-36-39/h3-6,8-11,13,15-16,18-20,23,27,40,44H,7,12,14,17,21-22H2,1-2H3/b8-5+/t23-,27-,35+/m0/s1. The number of aliphatic hydroxyl groups excluding tert-OH is 1. The van der Waals surface area contributed by atoms with Crippen molar-refractivity contribution in [1.29, 1.82) is 0 Å². The van der Waals surface area contributed by atoms with Gasteiger partial charge >= 0.3 is 0 Å². The van der Waals surface area contributed by atoms with E-state index < -0.39 is 17.4 Å². The number of methoxy groups -OCH3 is 1. The summed E-state index contributed by atoms with van der Waals surface area (Å²) in [6.45, 7) is 2.44. The second kappa shape index (κ2) is 12.3. The second-order valence-electron chi connectivity index (χ2n) is 11.6. The predicted octanol–water partition coefficient (Wildman–Crippen LogP) is 3.69. The Hall–Kier alpha value is -4.80. The lowest BCUT2D eigenvalue weighted by Crippen LogP contribution is -2.44. The highest BCUT2D eigenvalue weighted by molar-refractivity contribution is 6.07. The van der Waals surface area contributed by atoms with Crippen molar-refractivity contribution in [3.05, 3.63) is 107 Å². The molecule has 2 aliphatic rings. The van der Waals surface area contributed by atoms with Crippen molar-refractivity contribution in [3.8, 4) is 11.4 Å². The lowest BCUT2D eigenvalue weighted by Gasteiger charge is -2.28. The molecule has 1 fully saturated rings. The third-order valence-corrected chi connectivity index (χ3v) is 8.95. The highest BCUT2D eigenvalue weighted by atomic mass is 16.5. The lowest BCUT2D eigenvalue weighted by atomic mass is 9.83. The summed E-state index contributed by atoms with van der Waals surface area (Å²) in [5.74, 6) is -0.766. The molecule has 232 valence electrons. The van der Waals surface area contributed by atoms with E-state index in [1.54, 1.807) is 66.6 Å². The van der Waals surface area contributed by atoms with Crippen LogP contribution in [0.15, 0.2) is 89.9 Å². The average Bonchev–Trinajstić information content (AvgIpc) is 3.63. The van der Waals surface area contributed by atoms with Gasteiger partial charge in [-0.25, -0.2) is 0 Å². The monoisotopic (exact) mass is 608 g/mol.